The highest BCUT2D eigenvalue weighted by atomic mass is 16.5. The zero-order valence-corrected chi connectivity index (χ0v) is 71.5. The minimum Gasteiger partial charge on any atom is -0.493 e. The van der Waals surface area contributed by atoms with Crippen LogP contribution < -0.4 is 41.8 Å². The van der Waals surface area contributed by atoms with Crippen LogP contribution in [0.4, 0.5) is 0 Å². The predicted molar refractivity (Wildman–Crippen MR) is 457 cm³/mol. The summed E-state index contributed by atoms with van der Waals surface area (Å²) in [6.45, 7) is 18.3. The van der Waals surface area contributed by atoms with Crippen LogP contribution in [-0.4, -0.2) is 231 Å². The fourth-order valence-electron chi connectivity index (χ4n) is 12.4. The average Bonchev–Trinajstić information content (AvgIpc) is 1.23. The first kappa shape index (κ1) is 103. The van der Waals surface area contributed by atoms with E-state index in [4.69, 9.17) is 41.0 Å². The zero-order valence-electron chi connectivity index (χ0n) is 71.5. The van der Waals surface area contributed by atoms with Gasteiger partial charge in [-0.3, -0.25) is 67.9 Å². The van der Waals surface area contributed by atoms with Crippen LogP contribution in [0.5, 0.6) is 11.5 Å². The van der Waals surface area contributed by atoms with E-state index < -0.39 is 12.1 Å². The molecule has 12 rings (SSSR count). The topological polar surface area (TPSA) is 512 Å². The van der Waals surface area contributed by atoms with Crippen molar-refractivity contribution in [3.8, 4) is 70.4 Å². The van der Waals surface area contributed by atoms with Crippen LogP contribution >= 0.6 is 0 Å². The molecule has 5 aliphatic heterocycles. The second-order valence-corrected chi connectivity index (χ2v) is 25.5. The Hall–Kier alpha value is -14.7. The summed E-state index contributed by atoms with van der Waals surface area (Å²) in [5, 5.41) is 73.7. The molecule has 0 unspecified atom stereocenters. The molecule has 35 heteroatoms. The molecule has 2 aromatic carbocycles. The first-order chi connectivity index (χ1) is 59.8. The van der Waals surface area contributed by atoms with Crippen molar-refractivity contribution in [2.75, 3.05) is 86.7 Å². The summed E-state index contributed by atoms with van der Waals surface area (Å²) >= 11 is 0. The number of nitrogens with two attached hydrogens (primary N) is 1. The van der Waals surface area contributed by atoms with Crippen molar-refractivity contribution in [3.05, 3.63) is 180 Å². The lowest BCUT2D eigenvalue weighted by molar-refractivity contribution is -0.130. The number of likely N-dealkylation sites (tertiary alicyclic amines) is 5. The molecule has 7 N–H and O–H groups in total. The molecule has 10 heterocycles. The van der Waals surface area contributed by atoms with Crippen LogP contribution in [0.2, 0.25) is 0 Å². The molecule has 5 saturated heterocycles. The Bertz CT molecular complexity index is 4570. The maximum absolute atomic E-state index is 12.5. The van der Waals surface area contributed by atoms with E-state index in [9.17, 15) is 47.9 Å². The molecule has 35 nitrogen and oxygen atoms in total. The summed E-state index contributed by atoms with van der Waals surface area (Å²) < 4.78 is 10.5. The van der Waals surface area contributed by atoms with E-state index in [0.717, 1.165) is 43.2 Å². The quantitative estimate of drug-likeness (QED) is 0.0447. The van der Waals surface area contributed by atoms with Gasteiger partial charge in [0.05, 0.1) is 118 Å². The van der Waals surface area contributed by atoms with Crippen molar-refractivity contribution in [2.24, 2.45) is 5.73 Å². The Balaban J connectivity index is 0.000000391. The second-order valence-electron chi connectivity index (χ2n) is 25.5. The van der Waals surface area contributed by atoms with Crippen molar-refractivity contribution in [3.63, 3.8) is 0 Å². The molecule has 5 fully saturated rings. The van der Waals surface area contributed by atoms with Gasteiger partial charge in [-0.15, -0.1) is 0 Å². The van der Waals surface area contributed by atoms with Gasteiger partial charge in [-0.25, -0.2) is 0 Å². The Morgan fingerprint density at radius 1 is 0.358 bits per heavy atom. The summed E-state index contributed by atoms with van der Waals surface area (Å²) in [7, 11) is 4.61. The van der Waals surface area contributed by atoms with E-state index in [1.54, 1.807) is 99.1 Å². The van der Waals surface area contributed by atoms with Crippen molar-refractivity contribution in [1.82, 2.24) is 81.2 Å². The van der Waals surface area contributed by atoms with E-state index >= 15 is 0 Å². The highest BCUT2D eigenvalue weighted by molar-refractivity contribution is 6.00. The number of carbonyl (C=O) groups is 10. The molecule has 10 amide bonds. The van der Waals surface area contributed by atoms with Gasteiger partial charge >= 0.3 is 0 Å². The van der Waals surface area contributed by atoms with Gasteiger partial charge in [0.15, 0.2) is 11.5 Å². The number of carbonyl (C=O) groups excluding carboxylic acids is 10. The summed E-state index contributed by atoms with van der Waals surface area (Å²) in [6, 6.07) is 37.2. The SMILES string of the molecule is CC.CC.CC.CC.CN.COc1ccc(-c2cc(C(=O)NCC(=O)N3CCC[C@H]3C#N)ccn2)cc1OC.N#C[C@@H]1CCCN1C(=O)CNC(=O)c1ccncc1.N#C[C@@H]1CCCN1C(=O)CNC(=O)c1ccncc1.N#C[C@@H]1CCCN1C(=O)CNC(=O)c1ccnnc1.N#Cc1ccc(-c2cc(C(=O)NCC(=O)N3CCC[C@H]3C#N)ccn2)cc1. The van der Waals surface area contributed by atoms with Crippen molar-refractivity contribution in [1.29, 1.82) is 31.6 Å². The monoisotopic (exact) mass is 1680 g/mol. The van der Waals surface area contributed by atoms with Crippen molar-refractivity contribution >= 4 is 59.1 Å². The summed E-state index contributed by atoms with van der Waals surface area (Å²) in [5.74, 6) is -1.79. The number of ether oxygens (including phenoxy) is 2. The Kier molecular flexibility index (Phi) is 48.5. The average molecular weight is 1680 g/mol. The largest absolute Gasteiger partial charge is 0.493 e. The first-order valence-electron chi connectivity index (χ1n) is 40.5. The van der Waals surface area contributed by atoms with Gasteiger partial charge in [0, 0.05) is 103 Å². The van der Waals surface area contributed by atoms with Crippen molar-refractivity contribution < 1.29 is 57.4 Å². The lowest BCUT2D eigenvalue weighted by Crippen LogP contribution is -2.42. The molecule has 0 radical (unpaired) electrons. The van der Waals surface area contributed by atoms with E-state index in [1.165, 1.54) is 87.2 Å². The zero-order chi connectivity index (χ0) is 91.0. The maximum Gasteiger partial charge on any atom is 0.253 e. The lowest BCUT2D eigenvalue weighted by atomic mass is 10.1. The highest BCUT2D eigenvalue weighted by Crippen LogP contribution is 2.32. The molecule has 5 atom stereocenters. The van der Waals surface area contributed by atoms with E-state index in [2.05, 4.69) is 98.9 Å². The van der Waals surface area contributed by atoms with Crippen LogP contribution in [-0.2, 0) is 24.0 Å². The van der Waals surface area contributed by atoms with Crippen LogP contribution in [0.15, 0.2) is 147 Å². The summed E-state index contributed by atoms with van der Waals surface area (Å²) in [4.78, 5) is 144. The molecular weight excluding hydrogens is 1570 g/mol. The maximum atomic E-state index is 12.5. The fraction of sp³-hybridized carbons (Fsp3) is 0.409. The molecule has 0 bridgehead atoms. The number of amides is 10. The van der Waals surface area contributed by atoms with Gasteiger partial charge in [-0.1, -0.05) is 67.5 Å². The number of nitriles is 6. The standard InChI is InChI=1S/C21H22N4O4.C20H17N5O2.2C13H14N4O2.C12H13N5O2.4C2H6.CH5N/c1-28-18-6-5-14(11-19(18)29-2)17-10-15(7-8-23-17)21(27)24-13-20(26)25-9-3-4-16(25)12-22;21-11-14-3-5-15(6-4-14)18-10-16(7-8-23-18)20(27)24-13-19(26)25-9-1-2-17(25)12-22;2*14-8-11-2-1-7-17(11)12(18)9-16-13(19)10-3-5-15-6-4-10;13-6-10-2-1-5-17(10)11(18)8-14-12(19)9-3-4-15-16-7-9;5*1-2/h5-8,10-11,16H,3-4,9,13H2,1-2H3,(H,24,27);3-8,10,17H,1-2,9,13H2,(H,24,27);2*3-6,11H,1-2,7,9H2,(H,16,19);3-4,7,10H,1-2,5,8H2,(H,14,19);4*1-2H3;2H2,1H3/t16-;17-;2*11-;10-;;;;;/m00000...../s1. The second kappa shape index (κ2) is 58.2. The molecule has 0 spiro atoms. The number of aromatic nitrogens is 6. The number of hydrogen-bond donors (Lipinski definition) is 6. The van der Waals surface area contributed by atoms with Gasteiger partial charge in [0.2, 0.25) is 29.5 Å². The summed E-state index contributed by atoms with van der Waals surface area (Å²) in [5.41, 5.74) is 9.82. The normalized spacial score (nSPS) is 15.6. The van der Waals surface area contributed by atoms with Crippen LogP contribution in [0, 0.1) is 68.0 Å². The minimum absolute atomic E-state index is 0.0840. The molecule has 5 aliphatic rings. The number of methoxy groups -OCH3 is 2. The Morgan fingerprint density at radius 3 is 0.935 bits per heavy atom. The molecule has 0 aliphatic carbocycles. The highest BCUT2D eigenvalue weighted by Gasteiger charge is 2.33. The number of hydrogen-bond acceptors (Lipinski definition) is 25. The van der Waals surface area contributed by atoms with Gasteiger partial charge in [0.25, 0.3) is 29.5 Å². The van der Waals surface area contributed by atoms with Gasteiger partial charge < -0.3 is 66.3 Å². The molecule has 123 heavy (non-hydrogen) atoms. The number of pyridine rings is 4. The first-order valence-corrected chi connectivity index (χ1v) is 40.5. The van der Waals surface area contributed by atoms with Crippen LogP contribution in [0.3, 0.4) is 0 Å². The number of rotatable bonds is 19. The molecule has 0 saturated carbocycles. The molecule has 648 valence electrons. The fourth-order valence-corrected chi connectivity index (χ4v) is 12.4. The Morgan fingerprint density at radius 2 is 0.642 bits per heavy atom. The van der Waals surface area contributed by atoms with Gasteiger partial charge in [0.1, 0.15) is 30.2 Å². The smallest absolute Gasteiger partial charge is 0.253 e. The third kappa shape index (κ3) is 32.5. The van der Waals surface area contributed by atoms with Crippen LogP contribution in [0.25, 0.3) is 22.5 Å². The number of benzene rings is 2. The van der Waals surface area contributed by atoms with E-state index in [0.29, 0.717) is 121 Å². The third-order valence-corrected chi connectivity index (χ3v) is 18.4. The van der Waals surface area contributed by atoms with Crippen LogP contribution in [0.1, 0.15) is 177 Å². The predicted octanol–water partition coefficient (Wildman–Crippen LogP) is 7.93. The van der Waals surface area contributed by atoms with Gasteiger partial charge in [-0.2, -0.15) is 41.8 Å². The molecule has 5 aromatic heterocycles. The summed E-state index contributed by atoms with van der Waals surface area (Å²) in [6.07, 6.45) is 19.4. The van der Waals surface area contributed by atoms with Crippen molar-refractivity contribution in [2.45, 2.75) is 150 Å². The minimum atomic E-state index is -0.406. The molecule has 7 aromatic rings. The van der Waals surface area contributed by atoms with Gasteiger partial charge in [-0.05, 0) is 156 Å². The van der Waals surface area contributed by atoms with E-state index in [1.807, 2.05) is 61.5 Å². The number of nitrogens with zero attached hydrogens (tertiary/aromatic N) is 17. The Labute approximate surface area is 718 Å². The third-order valence-electron chi connectivity index (χ3n) is 18.4. The lowest BCUT2D eigenvalue weighted by Gasteiger charge is -2.19. The molecular formula is C88H109N23O12. The number of nitrogens with one attached hydrogen (secondary N) is 5. The van der Waals surface area contributed by atoms with E-state index in [-0.39, 0.29) is 110 Å².